The van der Waals surface area contributed by atoms with Crippen LogP contribution >= 0.6 is 15.9 Å². The second-order valence-corrected chi connectivity index (χ2v) is 5.69. The summed E-state index contributed by atoms with van der Waals surface area (Å²) in [6.45, 7) is 4.82. The van der Waals surface area contributed by atoms with E-state index < -0.39 is 0 Å². The van der Waals surface area contributed by atoms with Crippen molar-refractivity contribution in [2.24, 2.45) is 0 Å². The van der Waals surface area contributed by atoms with Crippen LogP contribution in [0.25, 0.3) is 0 Å². The first kappa shape index (κ1) is 15.5. The number of nitrogens with one attached hydrogen (secondary N) is 1. The molecular weight excluding hydrogens is 292 g/mol. The molecule has 1 aromatic rings. The molecule has 0 aliphatic heterocycles. The third-order valence-corrected chi connectivity index (χ3v) is 3.68. The van der Waals surface area contributed by atoms with Gasteiger partial charge in [0.15, 0.2) is 0 Å². The summed E-state index contributed by atoms with van der Waals surface area (Å²) in [5.74, 6) is 0. The molecule has 0 spiro atoms. The van der Waals surface area contributed by atoms with Crippen LogP contribution in [0.1, 0.15) is 31.9 Å². The van der Waals surface area contributed by atoms with E-state index in [1.807, 2.05) is 14.0 Å². The number of hydrogen-bond acceptors (Lipinski definition) is 3. The molecule has 0 heterocycles. The number of rotatable bonds is 6. The maximum atomic E-state index is 9.38. The van der Waals surface area contributed by atoms with E-state index in [2.05, 4.69) is 58.3 Å². The highest BCUT2D eigenvalue weighted by Crippen LogP contribution is 2.29. The minimum atomic E-state index is -0.259. The Hall–Kier alpha value is -0.580. The normalized spacial score (nSPS) is 14.3. The van der Waals surface area contributed by atoms with E-state index in [1.165, 1.54) is 11.3 Å². The third-order valence-electron chi connectivity index (χ3n) is 3.19. The Morgan fingerprint density at radius 2 is 2.06 bits per heavy atom. The lowest BCUT2D eigenvalue weighted by molar-refractivity contribution is 0.187. The van der Waals surface area contributed by atoms with Gasteiger partial charge in [-0.2, -0.15) is 0 Å². The van der Waals surface area contributed by atoms with Gasteiger partial charge in [0.2, 0.25) is 0 Å². The van der Waals surface area contributed by atoms with Crippen molar-refractivity contribution < 1.29 is 5.11 Å². The van der Waals surface area contributed by atoms with Crippen LogP contribution in [0.3, 0.4) is 0 Å². The van der Waals surface area contributed by atoms with Gasteiger partial charge in [-0.1, -0.05) is 22.0 Å². The SMILES string of the molecule is CNC(C)c1ccc(Br)cc1N(C)CCC(C)O. The van der Waals surface area contributed by atoms with Gasteiger partial charge < -0.3 is 15.3 Å². The zero-order valence-corrected chi connectivity index (χ0v) is 13.2. The molecule has 2 N–H and O–H groups in total. The van der Waals surface area contributed by atoms with E-state index in [-0.39, 0.29) is 6.10 Å². The number of halogens is 1. The topological polar surface area (TPSA) is 35.5 Å². The van der Waals surface area contributed by atoms with Gasteiger partial charge in [-0.25, -0.2) is 0 Å². The highest BCUT2D eigenvalue weighted by atomic mass is 79.9. The summed E-state index contributed by atoms with van der Waals surface area (Å²) in [6.07, 6.45) is 0.515. The minimum Gasteiger partial charge on any atom is -0.393 e. The molecule has 2 unspecified atom stereocenters. The fourth-order valence-corrected chi connectivity index (χ4v) is 2.22. The monoisotopic (exact) mass is 314 g/mol. The predicted octanol–water partition coefficient (Wildman–Crippen LogP) is 2.94. The first-order valence-corrected chi connectivity index (χ1v) is 7.11. The van der Waals surface area contributed by atoms with Crippen LogP contribution in [0.2, 0.25) is 0 Å². The smallest absolute Gasteiger partial charge is 0.0528 e. The summed E-state index contributed by atoms with van der Waals surface area (Å²) >= 11 is 3.52. The Morgan fingerprint density at radius 1 is 1.39 bits per heavy atom. The van der Waals surface area contributed by atoms with Crippen LogP contribution in [-0.2, 0) is 0 Å². The van der Waals surface area contributed by atoms with Gasteiger partial charge in [-0.3, -0.25) is 0 Å². The molecule has 1 rings (SSSR count). The molecule has 0 bridgehead atoms. The molecule has 1 aromatic carbocycles. The van der Waals surface area contributed by atoms with Gasteiger partial charge in [-0.15, -0.1) is 0 Å². The molecule has 0 aromatic heterocycles. The Kier molecular flexibility index (Phi) is 6.12. The van der Waals surface area contributed by atoms with Crippen molar-refractivity contribution in [3.63, 3.8) is 0 Å². The number of benzene rings is 1. The van der Waals surface area contributed by atoms with E-state index in [9.17, 15) is 5.11 Å². The van der Waals surface area contributed by atoms with Crippen molar-refractivity contribution in [2.75, 3.05) is 25.5 Å². The van der Waals surface area contributed by atoms with Crippen LogP contribution < -0.4 is 10.2 Å². The summed E-state index contributed by atoms with van der Waals surface area (Å²) < 4.78 is 1.08. The minimum absolute atomic E-state index is 0.259. The maximum Gasteiger partial charge on any atom is 0.0528 e. The largest absolute Gasteiger partial charge is 0.393 e. The fourth-order valence-electron chi connectivity index (χ4n) is 1.87. The fraction of sp³-hybridized carbons (Fsp3) is 0.571. The lowest BCUT2D eigenvalue weighted by Crippen LogP contribution is -2.25. The summed E-state index contributed by atoms with van der Waals surface area (Å²) in [4.78, 5) is 2.20. The van der Waals surface area contributed by atoms with Crippen LogP contribution in [-0.4, -0.2) is 31.9 Å². The van der Waals surface area contributed by atoms with E-state index in [0.717, 1.165) is 17.4 Å². The van der Waals surface area contributed by atoms with E-state index >= 15 is 0 Å². The molecule has 3 nitrogen and oxygen atoms in total. The van der Waals surface area contributed by atoms with E-state index in [4.69, 9.17) is 0 Å². The number of aliphatic hydroxyl groups is 1. The van der Waals surface area contributed by atoms with Crippen LogP contribution in [0.5, 0.6) is 0 Å². The van der Waals surface area contributed by atoms with E-state index in [0.29, 0.717) is 6.04 Å². The number of hydrogen-bond donors (Lipinski definition) is 2. The molecule has 0 saturated carbocycles. The molecule has 0 aliphatic carbocycles. The van der Waals surface area contributed by atoms with Crippen molar-refractivity contribution in [2.45, 2.75) is 32.4 Å². The Labute approximate surface area is 118 Å². The molecule has 2 atom stereocenters. The molecule has 0 saturated heterocycles. The van der Waals surface area contributed by atoms with Crippen LogP contribution in [0.15, 0.2) is 22.7 Å². The molecule has 0 aliphatic rings. The predicted molar refractivity (Wildman–Crippen MR) is 81.2 cm³/mol. The van der Waals surface area contributed by atoms with Gasteiger partial charge in [0.1, 0.15) is 0 Å². The number of nitrogens with zero attached hydrogens (tertiary/aromatic N) is 1. The number of aliphatic hydroxyl groups excluding tert-OH is 1. The highest BCUT2D eigenvalue weighted by Gasteiger charge is 2.13. The molecule has 18 heavy (non-hydrogen) atoms. The highest BCUT2D eigenvalue weighted by molar-refractivity contribution is 9.10. The van der Waals surface area contributed by atoms with Gasteiger partial charge in [-0.05, 0) is 45.0 Å². The van der Waals surface area contributed by atoms with Crippen molar-refractivity contribution in [3.8, 4) is 0 Å². The maximum absolute atomic E-state index is 9.38. The lowest BCUT2D eigenvalue weighted by Gasteiger charge is -2.26. The molecule has 0 fully saturated rings. The third kappa shape index (κ3) is 4.26. The van der Waals surface area contributed by atoms with Crippen molar-refractivity contribution in [3.05, 3.63) is 28.2 Å². The molecule has 102 valence electrons. The molecule has 0 amide bonds. The standard InChI is InChI=1S/C14H23BrN2O/c1-10(18)7-8-17(4)14-9-12(15)5-6-13(14)11(2)16-3/h5-6,9-11,16,18H,7-8H2,1-4H3. The average molecular weight is 315 g/mol. The van der Waals surface area contributed by atoms with Crippen LogP contribution in [0, 0.1) is 0 Å². The Balaban J connectivity index is 2.93. The molecular formula is C14H23BrN2O. The number of anilines is 1. The average Bonchev–Trinajstić information content (AvgIpc) is 2.34. The van der Waals surface area contributed by atoms with Crippen LogP contribution in [0.4, 0.5) is 5.69 Å². The second kappa shape index (κ2) is 7.12. The zero-order chi connectivity index (χ0) is 13.7. The van der Waals surface area contributed by atoms with Gasteiger partial charge >= 0.3 is 0 Å². The van der Waals surface area contributed by atoms with Gasteiger partial charge in [0, 0.05) is 29.8 Å². The van der Waals surface area contributed by atoms with Crippen molar-refractivity contribution in [1.82, 2.24) is 5.32 Å². The Bertz CT molecular complexity index is 382. The van der Waals surface area contributed by atoms with Gasteiger partial charge in [0.05, 0.1) is 6.10 Å². The summed E-state index contributed by atoms with van der Waals surface area (Å²) in [6, 6.07) is 6.64. The van der Waals surface area contributed by atoms with Crippen molar-refractivity contribution in [1.29, 1.82) is 0 Å². The zero-order valence-electron chi connectivity index (χ0n) is 11.6. The first-order chi connectivity index (χ1) is 8.45. The van der Waals surface area contributed by atoms with Gasteiger partial charge in [0.25, 0.3) is 0 Å². The quantitative estimate of drug-likeness (QED) is 0.847. The Morgan fingerprint density at radius 3 is 2.61 bits per heavy atom. The summed E-state index contributed by atoms with van der Waals surface area (Å²) in [5, 5.41) is 12.6. The molecule has 4 heteroatoms. The van der Waals surface area contributed by atoms with Crippen molar-refractivity contribution >= 4 is 21.6 Å². The lowest BCUT2D eigenvalue weighted by atomic mass is 10.1. The molecule has 0 radical (unpaired) electrons. The summed E-state index contributed by atoms with van der Waals surface area (Å²) in [7, 11) is 4.03. The first-order valence-electron chi connectivity index (χ1n) is 6.31. The van der Waals surface area contributed by atoms with E-state index in [1.54, 1.807) is 0 Å². The summed E-state index contributed by atoms with van der Waals surface area (Å²) in [5.41, 5.74) is 2.47. The second-order valence-electron chi connectivity index (χ2n) is 4.77.